The fourth-order valence-corrected chi connectivity index (χ4v) is 1.39. The largest absolute Gasteiger partial charge is 0.508 e. The molecule has 0 atom stereocenters. The molecule has 2 N–H and O–H groups in total. The molecule has 108 valence electrons. The van der Waals surface area contributed by atoms with Gasteiger partial charge < -0.3 is 10.2 Å². The normalized spacial score (nSPS) is 8.86. The first-order valence-electron chi connectivity index (χ1n) is 6.00. The van der Waals surface area contributed by atoms with E-state index in [1.54, 1.807) is 24.3 Å². The molecule has 2 aromatic carbocycles. The van der Waals surface area contributed by atoms with E-state index in [4.69, 9.17) is 10.2 Å². The topological polar surface area (TPSA) is 74.6 Å². The molecule has 5 heteroatoms. The van der Waals surface area contributed by atoms with E-state index in [9.17, 15) is 9.59 Å². The van der Waals surface area contributed by atoms with E-state index < -0.39 is 0 Å². The Balaban J connectivity index is 0.000000364. The number of aromatic hydroxyl groups is 2. The smallest absolute Gasteiger partial charge is 0.159 e. The molecule has 0 spiro atoms. The second kappa shape index (κ2) is 9.25. The minimum absolute atomic E-state index is 0. The third kappa shape index (κ3) is 7.00. The van der Waals surface area contributed by atoms with Gasteiger partial charge in [0.15, 0.2) is 11.6 Å². The van der Waals surface area contributed by atoms with Crippen LogP contribution < -0.4 is 0 Å². The zero-order valence-corrected chi connectivity index (χ0v) is 14.3. The quantitative estimate of drug-likeness (QED) is 0.804. The van der Waals surface area contributed by atoms with Gasteiger partial charge in [-0.2, -0.15) is 0 Å². The minimum atomic E-state index is 0. The van der Waals surface area contributed by atoms with Crippen LogP contribution in [0.4, 0.5) is 0 Å². The molecule has 0 aliphatic rings. The van der Waals surface area contributed by atoms with E-state index in [1.165, 1.54) is 38.1 Å². The Morgan fingerprint density at radius 3 is 1.10 bits per heavy atom. The van der Waals surface area contributed by atoms with Crippen LogP contribution in [0.3, 0.4) is 0 Å². The number of Topliss-reactive ketones (excluding diaryl/α,β-unsaturated/α-hetero) is 2. The maximum atomic E-state index is 10.7. The van der Waals surface area contributed by atoms with Gasteiger partial charge in [0.2, 0.25) is 0 Å². The molecule has 0 unspecified atom stereocenters. The molecule has 0 saturated heterocycles. The van der Waals surface area contributed by atoms with Gasteiger partial charge in [-0.05, 0) is 62.4 Å². The van der Waals surface area contributed by atoms with E-state index in [0.29, 0.717) is 11.1 Å². The third-order valence-corrected chi connectivity index (χ3v) is 2.55. The number of carbonyl (C=O) groups excluding carboxylic acids is 2. The van der Waals surface area contributed by atoms with Gasteiger partial charge in [-0.15, -0.1) is 0 Å². The van der Waals surface area contributed by atoms with E-state index in [0.717, 1.165) is 0 Å². The van der Waals surface area contributed by atoms with Gasteiger partial charge in [-0.1, -0.05) is 0 Å². The fraction of sp³-hybridized carbons (Fsp3) is 0.125. The van der Waals surface area contributed by atoms with Crippen LogP contribution in [-0.2, 0) is 26.2 Å². The summed E-state index contributed by atoms with van der Waals surface area (Å²) >= 11 is 0. The van der Waals surface area contributed by atoms with Crippen LogP contribution in [0.5, 0.6) is 11.5 Å². The van der Waals surface area contributed by atoms with Crippen LogP contribution in [0.15, 0.2) is 48.5 Å². The monoisotopic (exact) mass is 362 g/mol. The van der Waals surface area contributed by atoms with Crippen LogP contribution in [0.2, 0.25) is 0 Å². The molecule has 0 heterocycles. The van der Waals surface area contributed by atoms with Crippen molar-refractivity contribution in [3.8, 4) is 11.5 Å². The Bertz CT molecular complexity index is 533. The van der Waals surface area contributed by atoms with Crippen molar-refractivity contribution in [1.82, 2.24) is 0 Å². The summed E-state index contributed by atoms with van der Waals surface area (Å²) in [6.45, 7) is 2.98. The number of rotatable bonds is 2. The summed E-state index contributed by atoms with van der Waals surface area (Å²) in [6.07, 6.45) is 0. The van der Waals surface area contributed by atoms with Crippen molar-refractivity contribution >= 4 is 11.6 Å². The van der Waals surface area contributed by atoms with Crippen molar-refractivity contribution in [3.05, 3.63) is 59.7 Å². The van der Waals surface area contributed by atoms with E-state index >= 15 is 0 Å². The molecule has 4 nitrogen and oxygen atoms in total. The van der Waals surface area contributed by atoms with Crippen LogP contribution in [-0.4, -0.2) is 21.8 Å². The van der Waals surface area contributed by atoms with Crippen molar-refractivity contribution in [2.45, 2.75) is 13.8 Å². The number of hydrogen-bond donors (Lipinski definition) is 2. The van der Waals surface area contributed by atoms with Crippen LogP contribution in [0.25, 0.3) is 0 Å². The van der Waals surface area contributed by atoms with Gasteiger partial charge in [0, 0.05) is 37.3 Å². The van der Waals surface area contributed by atoms with Gasteiger partial charge in [-0.25, -0.2) is 0 Å². The number of phenolic OH excluding ortho intramolecular Hbond substituents is 2. The Labute approximate surface area is 142 Å². The predicted molar refractivity (Wildman–Crippen MR) is 76.2 cm³/mol. The van der Waals surface area contributed by atoms with Gasteiger partial charge >= 0.3 is 0 Å². The first kappa shape index (κ1) is 19.3. The van der Waals surface area contributed by atoms with Gasteiger partial charge in [0.05, 0.1) is 0 Å². The van der Waals surface area contributed by atoms with Crippen molar-refractivity contribution in [1.29, 1.82) is 0 Å². The molecule has 0 saturated carbocycles. The standard InChI is InChI=1S/2C8H8O2.Zr/c2*1-6(9)7-2-4-8(10)5-3-7;/h2*2-5,10H,1H3;. The van der Waals surface area contributed by atoms with Crippen molar-refractivity contribution in [3.63, 3.8) is 0 Å². The number of hydrogen-bond acceptors (Lipinski definition) is 4. The van der Waals surface area contributed by atoms with Crippen molar-refractivity contribution in [2.24, 2.45) is 0 Å². The zero-order valence-electron chi connectivity index (χ0n) is 11.8. The summed E-state index contributed by atoms with van der Waals surface area (Å²) in [5, 5.41) is 17.7. The van der Waals surface area contributed by atoms with Crippen molar-refractivity contribution in [2.75, 3.05) is 0 Å². The Kier molecular flexibility index (Phi) is 8.48. The molecular formula is C16H16O4Zr. The maximum Gasteiger partial charge on any atom is 0.159 e. The molecule has 0 bridgehead atoms. The van der Waals surface area contributed by atoms with E-state index in [1.807, 2.05) is 0 Å². The number of ketones is 2. The van der Waals surface area contributed by atoms with Crippen LogP contribution >= 0.6 is 0 Å². The number of carbonyl (C=O) groups is 2. The molecule has 0 aliphatic heterocycles. The van der Waals surface area contributed by atoms with Gasteiger partial charge in [0.1, 0.15) is 11.5 Å². The summed E-state index contributed by atoms with van der Waals surface area (Å²) in [6, 6.07) is 12.4. The minimum Gasteiger partial charge on any atom is -0.508 e. The van der Waals surface area contributed by atoms with E-state index in [-0.39, 0.29) is 49.3 Å². The van der Waals surface area contributed by atoms with Gasteiger partial charge in [0.25, 0.3) is 0 Å². The average molecular weight is 364 g/mol. The second-order valence-corrected chi connectivity index (χ2v) is 4.21. The van der Waals surface area contributed by atoms with Crippen molar-refractivity contribution < 1.29 is 46.0 Å². The molecule has 0 aliphatic carbocycles. The maximum absolute atomic E-state index is 10.7. The molecule has 0 aromatic heterocycles. The summed E-state index contributed by atoms with van der Waals surface area (Å²) in [7, 11) is 0. The molecule has 21 heavy (non-hydrogen) atoms. The summed E-state index contributed by atoms with van der Waals surface area (Å²) in [5.41, 5.74) is 1.25. The molecule has 2 rings (SSSR count). The first-order chi connectivity index (χ1) is 9.40. The van der Waals surface area contributed by atoms with Crippen LogP contribution in [0.1, 0.15) is 34.6 Å². The zero-order chi connectivity index (χ0) is 15.1. The molecule has 0 amide bonds. The number of benzene rings is 2. The molecular weight excluding hydrogens is 347 g/mol. The predicted octanol–water partition coefficient (Wildman–Crippen LogP) is 3.19. The fourth-order valence-electron chi connectivity index (χ4n) is 1.39. The average Bonchev–Trinajstić information content (AvgIpc) is 2.40. The summed E-state index contributed by atoms with van der Waals surface area (Å²) < 4.78 is 0. The molecule has 0 fully saturated rings. The van der Waals surface area contributed by atoms with Gasteiger partial charge in [-0.3, -0.25) is 9.59 Å². The molecule has 0 radical (unpaired) electrons. The summed E-state index contributed by atoms with van der Waals surface area (Å²) in [5.74, 6) is 0.398. The first-order valence-corrected chi connectivity index (χ1v) is 6.00. The van der Waals surface area contributed by atoms with Crippen LogP contribution in [0, 0.1) is 0 Å². The summed E-state index contributed by atoms with van der Waals surface area (Å²) in [4.78, 5) is 21.4. The Morgan fingerprint density at radius 1 is 0.667 bits per heavy atom. The number of phenols is 2. The SMILES string of the molecule is CC(=O)c1ccc(O)cc1.CC(=O)c1ccc(O)cc1.[Zr]. The Morgan fingerprint density at radius 2 is 0.905 bits per heavy atom. The Hall–Kier alpha value is -1.74. The van der Waals surface area contributed by atoms with E-state index in [2.05, 4.69) is 0 Å². The third-order valence-electron chi connectivity index (χ3n) is 2.55. The second-order valence-electron chi connectivity index (χ2n) is 4.21. The molecule has 2 aromatic rings.